The summed E-state index contributed by atoms with van der Waals surface area (Å²) in [5.74, 6) is -0.161. The van der Waals surface area contributed by atoms with Gasteiger partial charge in [-0.25, -0.2) is 4.52 Å². The van der Waals surface area contributed by atoms with Gasteiger partial charge in [0, 0.05) is 60.8 Å². The van der Waals surface area contributed by atoms with Crippen LogP contribution in [-0.4, -0.2) is 38.2 Å². The summed E-state index contributed by atoms with van der Waals surface area (Å²) in [6.45, 7) is 3.99. The number of amides is 1. The summed E-state index contributed by atoms with van der Waals surface area (Å²) in [7, 11) is 0. The number of carbonyl (C=O) groups excluding carboxylic acids is 1. The molecule has 186 valence electrons. The van der Waals surface area contributed by atoms with E-state index in [0.29, 0.717) is 10.6 Å². The molecule has 8 heteroatoms. The summed E-state index contributed by atoms with van der Waals surface area (Å²) in [6, 6.07) is 17.4. The minimum absolute atomic E-state index is 0.161. The zero-order valence-corrected chi connectivity index (χ0v) is 21.3. The average Bonchev–Trinajstić information content (AvgIpc) is 3.52. The summed E-state index contributed by atoms with van der Waals surface area (Å²) < 4.78 is 3.93. The Kier molecular flexibility index (Phi) is 6.14. The molecule has 7 nitrogen and oxygen atoms in total. The number of anilines is 2. The number of aromatic nitrogens is 4. The maximum Gasteiger partial charge on any atom is 0.255 e. The second-order valence-electron chi connectivity index (χ2n) is 9.41. The minimum Gasteiger partial charge on any atom is -0.370 e. The van der Waals surface area contributed by atoms with Crippen LogP contribution in [0.3, 0.4) is 0 Å². The predicted octanol–water partition coefficient (Wildman–Crippen LogP) is 6.39. The number of nitrogens with one attached hydrogen (secondary N) is 1. The molecule has 37 heavy (non-hydrogen) atoms. The molecule has 2 aromatic carbocycles. The van der Waals surface area contributed by atoms with E-state index < -0.39 is 0 Å². The van der Waals surface area contributed by atoms with Crippen LogP contribution in [0, 0.1) is 6.92 Å². The van der Waals surface area contributed by atoms with E-state index in [0.717, 1.165) is 65.5 Å². The van der Waals surface area contributed by atoms with Crippen molar-refractivity contribution in [1.29, 1.82) is 0 Å². The summed E-state index contributed by atoms with van der Waals surface area (Å²) in [6.07, 6.45) is 11.0. The highest BCUT2D eigenvalue weighted by Crippen LogP contribution is 2.30. The van der Waals surface area contributed by atoms with Crippen molar-refractivity contribution in [2.75, 3.05) is 23.3 Å². The average molecular weight is 511 g/mol. The van der Waals surface area contributed by atoms with E-state index in [-0.39, 0.29) is 5.91 Å². The van der Waals surface area contributed by atoms with Crippen molar-refractivity contribution in [2.24, 2.45) is 0 Å². The fourth-order valence-corrected chi connectivity index (χ4v) is 5.16. The van der Waals surface area contributed by atoms with E-state index in [2.05, 4.69) is 26.7 Å². The number of carbonyl (C=O) groups is 1. The Morgan fingerprint density at radius 1 is 0.973 bits per heavy atom. The van der Waals surface area contributed by atoms with Crippen LogP contribution in [0.25, 0.3) is 22.6 Å². The lowest BCUT2D eigenvalue weighted by atomic mass is 10.1. The highest BCUT2D eigenvalue weighted by atomic mass is 35.5. The number of imidazole rings is 1. The van der Waals surface area contributed by atoms with Crippen LogP contribution in [0.4, 0.5) is 11.4 Å². The third kappa shape index (κ3) is 4.58. The van der Waals surface area contributed by atoms with Gasteiger partial charge in [-0.1, -0.05) is 17.7 Å². The van der Waals surface area contributed by atoms with Crippen LogP contribution in [-0.2, 0) is 0 Å². The lowest BCUT2D eigenvalue weighted by Gasteiger charge is -2.29. The maximum absolute atomic E-state index is 13.2. The first-order valence-corrected chi connectivity index (χ1v) is 12.9. The van der Waals surface area contributed by atoms with Gasteiger partial charge in [0.2, 0.25) is 0 Å². The first-order valence-electron chi connectivity index (χ1n) is 12.5. The van der Waals surface area contributed by atoms with Gasteiger partial charge in [0.25, 0.3) is 5.91 Å². The molecule has 0 saturated carbocycles. The largest absolute Gasteiger partial charge is 0.370 e. The van der Waals surface area contributed by atoms with Crippen LogP contribution < -0.4 is 10.2 Å². The van der Waals surface area contributed by atoms with Gasteiger partial charge in [-0.3, -0.25) is 14.3 Å². The molecule has 3 aromatic heterocycles. The topological polar surface area (TPSA) is 67.5 Å². The standard InChI is InChI=1S/C29H27ClN6O/c1-20-7-9-23(32-29(37)21-8-10-24(30)27(16-21)34-12-3-2-4-13-34)17-26(20)35-14-15-36-28(35)18-25(33-36)22-6-5-11-31-19-22/h5-11,14-19H,2-4,12-13H2,1H3,(H,32,37). The van der Waals surface area contributed by atoms with Crippen molar-refractivity contribution in [2.45, 2.75) is 26.2 Å². The summed E-state index contributed by atoms with van der Waals surface area (Å²) in [5, 5.41) is 8.45. The molecule has 1 aliphatic heterocycles. The van der Waals surface area contributed by atoms with Crippen LogP contribution >= 0.6 is 11.6 Å². The number of rotatable bonds is 5. The summed E-state index contributed by atoms with van der Waals surface area (Å²) >= 11 is 6.49. The normalized spacial score (nSPS) is 13.7. The Morgan fingerprint density at radius 2 is 1.84 bits per heavy atom. The Morgan fingerprint density at radius 3 is 2.65 bits per heavy atom. The van der Waals surface area contributed by atoms with Gasteiger partial charge in [0.1, 0.15) is 5.65 Å². The molecule has 1 amide bonds. The molecule has 0 radical (unpaired) electrons. The fraction of sp³-hybridized carbons (Fsp3) is 0.207. The highest BCUT2D eigenvalue weighted by Gasteiger charge is 2.17. The zero-order chi connectivity index (χ0) is 25.4. The number of benzene rings is 2. The molecule has 1 fully saturated rings. The van der Waals surface area contributed by atoms with Gasteiger partial charge in [-0.15, -0.1) is 0 Å². The quantitative estimate of drug-likeness (QED) is 0.297. The van der Waals surface area contributed by atoms with E-state index in [1.807, 2.05) is 65.4 Å². The molecule has 4 heterocycles. The first-order chi connectivity index (χ1) is 18.1. The van der Waals surface area contributed by atoms with Crippen molar-refractivity contribution in [3.05, 3.63) is 95.5 Å². The van der Waals surface area contributed by atoms with Crippen molar-refractivity contribution in [1.82, 2.24) is 19.2 Å². The number of hydrogen-bond donors (Lipinski definition) is 1. The van der Waals surface area contributed by atoms with Crippen LogP contribution in [0.2, 0.25) is 5.02 Å². The summed E-state index contributed by atoms with van der Waals surface area (Å²) in [5.41, 5.74) is 7.03. The predicted molar refractivity (Wildman–Crippen MR) is 148 cm³/mol. The smallest absolute Gasteiger partial charge is 0.255 e. The number of halogens is 1. The van der Waals surface area contributed by atoms with E-state index >= 15 is 0 Å². The van der Waals surface area contributed by atoms with Crippen molar-refractivity contribution in [3.63, 3.8) is 0 Å². The first kappa shape index (κ1) is 23.3. The highest BCUT2D eigenvalue weighted by molar-refractivity contribution is 6.33. The van der Waals surface area contributed by atoms with E-state index in [9.17, 15) is 4.79 Å². The maximum atomic E-state index is 13.2. The second kappa shape index (κ2) is 9.75. The molecule has 5 aromatic rings. The number of hydrogen-bond acceptors (Lipinski definition) is 4. The Hall–Kier alpha value is -4.10. The summed E-state index contributed by atoms with van der Waals surface area (Å²) in [4.78, 5) is 19.7. The molecule has 0 aliphatic carbocycles. The van der Waals surface area contributed by atoms with E-state index in [4.69, 9.17) is 16.7 Å². The molecule has 6 rings (SSSR count). The van der Waals surface area contributed by atoms with Gasteiger partial charge < -0.3 is 10.2 Å². The lowest BCUT2D eigenvalue weighted by molar-refractivity contribution is 0.102. The zero-order valence-electron chi connectivity index (χ0n) is 20.6. The molecule has 1 N–H and O–H groups in total. The van der Waals surface area contributed by atoms with Crippen LogP contribution in [0.1, 0.15) is 35.2 Å². The van der Waals surface area contributed by atoms with E-state index in [1.165, 1.54) is 6.42 Å². The molecule has 0 unspecified atom stereocenters. The van der Waals surface area contributed by atoms with Gasteiger partial charge >= 0.3 is 0 Å². The monoisotopic (exact) mass is 510 g/mol. The third-order valence-electron chi connectivity index (χ3n) is 6.91. The minimum atomic E-state index is -0.161. The fourth-order valence-electron chi connectivity index (χ4n) is 4.92. The van der Waals surface area contributed by atoms with Gasteiger partial charge in [-0.05, 0) is 74.2 Å². The second-order valence-corrected chi connectivity index (χ2v) is 9.82. The SMILES string of the molecule is Cc1ccc(NC(=O)c2ccc(Cl)c(N3CCCCC3)c2)cc1-n1ccn2nc(-c3cccnc3)cc12. The van der Waals surface area contributed by atoms with Crippen molar-refractivity contribution in [3.8, 4) is 16.9 Å². The third-order valence-corrected chi connectivity index (χ3v) is 7.23. The van der Waals surface area contributed by atoms with Gasteiger partial charge in [0.15, 0.2) is 0 Å². The molecular formula is C29H27ClN6O. The Labute approximate surface area is 220 Å². The Bertz CT molecular complexity index is 1580. The Balaban J connectivity index is 1.28. The molecule has 1 saturated heterocycles. The molecule has 0 atom stereocenters. The van der Waals surface area contributed by atoms with Gasteiger partial charge in [-0.2, -0.15) is 5.10 Å². The van der Waals surface area contributed by atoms with E-state index in [1.54, 1.807) is 18.5 Å². The number of nitrogens with zero attached hydrogens (tertiary/aromatic N) is 5. The van der Waals surface area contributed by atoms with Crippen LogP contribution in [0.5, 0.6) is 0 Å². The molecule has 1 aliphatic rings. The lowest BCUT2D eigenvalue weighted by Crippen LogP contribution is -2.29. The number of piperidine rings is 1. The number of pyridine rings is 1. The van der Waals surface area contributed by atoms with Crippen molar-refractivity contribution < 1.29 is 4.79 Å². The molecular weight excluding hydrogens is 484 g/mol. The van der Waals surface area contributed by atoms with Gasteiger partial charge in [0.05, 0.1) is 22.1 Å². The molecule has 0 spiro atoms. The molecule has 0 bridgehead atoms. The van der Waals surface area contributed by atoms with Crippen LogP contribution in [0.15, 0.2) is 79.4 Å². The number of fused-ring (bicyclic) bond motifs is 1. The number of aryl methyl sites for hydroxylation is 1. The van der Waals surface area contributed by atoms with Crippen molar-refractivity contribution >= 4 is 34.5 Å².